The van der Waals surface area contributed by atoms with Crippen molar-refractivity contribution >= 4 is 5.78 Å². The van der Waals surface area contributed by atoms with E-state index in [1.165, 1.54) is 20.3 Å². The molecule has 0 unspecified atom stereocenters. The van der Waals surface area contributed by atoms with Crippen molar-refractivity contribution in [1.29, 1.82) is 0 Å². The summed E-state index contributed by atoms with van der Waals surface area (Å²) in [6.45, 7) is 11.1. The summed E-state index contributed by atoms with van der Waals surface area (Å²) in [6, 6.07) is 1.73. The highest BCUT2D eigenvalue weighted by Gasteiger charge is 2.55. The quantitative estimate of drug-likeness (QED) is 0.787. The predicted octanol–water partition coefficient (Wildman–Crippen LogP) is 3.02. The normalized spacial score (nSPS) is 21.5. The molecule has 0 amide bonds. The van der Waals surface area contributed by atoms with E-state index in [9.17, 15) is 9.90 Å². The van der Waals surface area contributed by atoms with Crippen LogP contribution in [0.25, 0.3) is 0 Å². The largest absolute Gasteiger partial charge is 0.496 e. The fourth-order valence-electron chi connectivity index (χ4n) is 3.48. The molecule has 1 aliphatic carbocycles. The van der Waals surface area contributed by atoms with Crippen molar-refractivity contribution < 1.29 is 24.1 Å². The number of rotatable bonds is 2. The van der Waals surface area contributed by atoms with Crippen LogP contribution in [0.4, 0.5) is 0 Å². The fourth-order valence-corrected chi connectivity index (χ4v) is 3.48. The molecule has 1 aromatic rings. The smallest absolute Gasteiger partial charge is 0.215 e. The Hall–Kier alpha value is -3.25. The standard InChI is InChI=1S/C24H22O5/c1-14(2)7-9-16-11-20(27-5)18-13-29-24(26)17(10-8-15(3)4)12-19(25)22(24)21(18)23(16)28-6/h11-12,22,26H,1,3,13H2,2,4-6H3/t22-,24-/m1/s1. The molecule has 1 aromatic carbocycles. The summed E-state index contributed by atoms with van der Waals surface area (Å²) in [5.41, 5.74) is 3.15. The van der Waals surface area contributed by atoms with Crippen molar-refractivity contribution in [2.45, 2.75) is 32.2 Å². The fraction of sp³-hybridized carbons (Fsp3) is 0.292. The first kappa shape index (κ1) is 20.5. The summed E-state index contributed by atoms with van der Waals surface area (Å²) in [7, 11) is 3.02. The maximum atomic E-state index is 12.9. The lowest BCUT2D eigenvalue weighted by Gasteiger charge is -2.37. The van der Waals surface area contributed by atoms with Crippen LogP contribution in [0.1, 0.15) is 36.5 Å². The number of fused-ring (bicyclic) bond motifs is 3. The summed E-state index contributed by atoms with van der Waals surface area (Å²) in [5.74, 6) is 9.17. The van der Waals surface area contributed by atoms with Gasteiger partial charge in [0.2, 0.25) is 5.79 Å². The average molecular weight is 390 g/mol. The molecule has 0 radical (unpaired) electrons. The van der Waals surface area contributed by atoms with Crippen LogP contribution < -0.4 is 9.47 Å². The summed E-state index contributed by atoms with van der Waals surface area (Å²) < 4.78 is 16.9. The Morgan fingerprint density at radius 1 is 1.21 bits per heavy atom. The van der Waals surface area contributed by atoms with Crippen molar-refractivity contribution in [1.82, 2.24) is 0 Å². The molecule has 5 heteroatoms. The molecule has 0 bridgehead atoms. The lowest BCUT2D eigenvalue weighted by Crippen LogP contribution is -2.43. The minimum absolute atomic E-state index is 0.0232. The van der Waals surface area contributed by atoms with E-state index in [1.807, 2.05) is 0 Å². The number of carbonyl (C=O) groups excluding carboxylic acids is 1. The Balaban J connectivity index is 2.26. The average Bonchev–Trinajstić information content (AvgIpc) is 2.93. The van der Waals surface area contributed by atoms with Crippen molar-refractivity contribution in [3.8, 4) is 35.2 Å². The molecule has 0 spiro atoms. The highest BCUT2D eigenvalue weighted by atomic mass is 16.6. The number of aliphatic hydroxyl groups is 1. The number of carbonyl (C=O) groups is 1. The van der Waals surface area contributed by atoms with Gasteiger partial charge in [-0.25, -0.2) is 0 Å². The molecule has 0 saturated heterocycles. The van der Waals surface area contributed by atoms with Crippen LogP contribution in [0.2, 0.25) is 0 Å². The van der Waals surface area contributed by atoms with Crippen LogP contribution in [0, 0.1) is 23.7 Å². The van der Waals surface area contributed by atoms with E-state index in [4.69, 9.17) is 14.2 Å². The van der Waals surface area contributed by atoms with Crippen LogP contribution >= 0.6 is 0 Å². The van der Waals surface area contributed by atoms with Gasteiger partial charge in [-0.05, 0) is 37.1 Å². The Morgan fingerprint density at radius 3 is 2.45 bits per heavy atom. The number of hydrogen-bond acceptors (Lipinski definition) is 5. The molecule has 0 fully saturated rings. The van der Waals surface area contributed by atoms with Gasteiger partial charge in [0.15, 0.2) is 5.78 Å². The molecule has 29 heavy (non-hydrogen) atoms. The minimum Gasteiger partial charge on any atom is -0.496 e. The summed E-state index contributed by atoms with van der Waals surface area (Å²) in [5, 5.41) is 11.3. The van der Waals surface area contributed by atoms with E-state index >= 15 is 0 Å². The first-order valence-corrected chi connectivity index (χ1v) is 8.98. The lowest BCUT2D eigenvalue weighted by atomic mass is 9.82. The molecule has 1 heterocycles. The summed E-state index contributed by atoms with van der Waals surface area (Å²) >= 11 is 0. The number of ketones is 1. The van der Waals surface area contributed by atoms with Gasteiger partial charge in [-0.3, -0.25) is 4.79 Å². The maximum Gasteiger partial charge on any atom is 0.215 e. The number of allylic oxidation sites excluding steroid dienone is 3. The first-order valence-electron chi connectivity index (χ1n) is 8.98. The summed E-state index contributed by atoms with van der Waals surface area (Å²) in [4.78, 5) is 12.9. The van der Waals surface area contributed by atoms with E-state index in [0.717, 1.165) is 0 Å². The molecule has 2 aliphatic rings. The maximum absolute atomic E-state index is 12.9. The Kier molecular flexibility index (Phi) is 5.40. The van der Waals surface area contributed by atoms with Crippen LogP contribution in [0.5, 0.6) is 11.5 Å². The zero-order valence-electron chi connectivity index (χ0n) is 16.9. The Labute approximate surface area is 170 Å². The highest BCUT2D eigenvalue weighted by Crippen LogP contribution is 2.52. The molecule has 148 valence electrons. The molecular weight excluding hydrogens is 368 g/mol. The van der Waals surface area contributed by atoms with Crippen LogP contribution in [0.3, 0.4) is 0 Å². The minimum atomic E-state index is -1.88. The molecule has 1 aliphatic heterocycles. The molecule has 0 saturated carbocycles. The van der Waals surface area contributed by atoms with Gasteiger partial charge in [0.25, 0.3) is 0 Å². The third kappa shape index (κ3) is 3.47. The number of ether oxygens (including phenoxy) is 3. The van der Waals surface area contributed by atoms with Gasteiger partial charge >= 0.3 is 0 Å². The SMILES string of the molecule is C=C(C)C#CC1=CC(=O)[C@@H]2c3c(c(OC)cc(C#CC(=C)C)c3OC)CO[C@]12O. The number of methoxy groups -OCH3 is 2. The molecule has 2 atom stereocenters. The van der Waals surface area contributed by atoms with E-state index in [1.54, 1.807) is 19.9 Å². The molecule has 5 nitrogen and oxygen atoms in total. The Bertz CT molecular complexity index is 1080. The van der Waals surface area contributed by atoms with Crippen molar-refractivity contribution in [2.24, 2.45) is 0 Å². The second-order valence-electron chi connectivity index (χ2n) is 6.99. The van der Waals surface area contributed by atoms with Gasteiger partial charge in [-0.1, -0.05) is 36.8 Å². The van der Waals surface area contributed by atoms with Gasteiger partial charge < -0.3 is 19.3 Å². The van der Waals surface area contributed by atoms with Gasteiger partial charge in [0.05, 0.1) is 32.0 Å². The summed E-state index contributed by atoms with van der Waals surface area (Å²) in [6.07, 6.45) is 1.31. The van der Waals surface area contributed by atoms with E-state index in [-0.39, 0.29) is 18.0 Å². The van der Waals surface area contributed by atoms with E-state index in [0.29, 0.717) is 39.3 Å². The lowest BCUT2D eigenvalue weighted by molar-refractivity contribution is -0.198. The van der Waals surface area contributed by atoms with Gasteiger partial charge in [0, 0.05) is 11.1 Å². The van der Waals surface area contributed by atoms with Crippen LogP contribution in [-0.2, 0) is 16.1 Å². The second kappa shape index (κ2) is 7.64. The second-order valence-corrected chi connectivity index (χ2v) is 6.99. The zero-order valence-corrected chi connectivity index (χ0v) is 16.9. The van der Waals surface area contributed by atoms with Crippen LogP contribution in [-0.4, -0.2) is 30.9 Å². The Morgan fingerprint density at radius 2 is 1.86 bits per heavy atom. The molecule has 3 rings (SSSR count). The highest BCUT2D eigenvalue weighted by molar-refractivity contribution is 6.03. The molecule has 1 N–H and O–H groups in total. The monoisotopic (exact) mass is 390 g/mol. The van der Waals surface area contributed by atoms with Gasteiger partial charge in [-0.2, -0.15) is 0 Å². The number of benzene rings is 1. The molecule has 0 aromatic heterocycles. The zero-order chi connectivity index (χ0) is 21.3. The van der Waals surface area contributed by atoms with E-state index in [2.05, 4.69) is 36.8 Å². The van der Waals surface area contributed by atoms with Gasteiger partial charge in [0.1, 0.15) is 17.4 Å². The van der Waals surface area contributed by atoms with Crippen molar-refractivity contribution in [3.05, 3.63) is 58.7 Å². The van der Waals surface area contributed by atoms with Crippen molar-refractivity contribution in [3.63, 3.8) is 0 Å². The molecular formula is C24H22O5. The third-order valence-electron chi connectivity index (χ3n) is 4.71. The van der Waals surface area contributed by atoms with Crippen LogP contribution in [0.15, 0.2) is 42.0 Å². The topological polar surface area (TPSA) is 65.0 Å². The van der Waals surface area contributed by atoms with Gasteiger partial charge in [-0.15, -0.1) is 0 Å². The van der Waals surface area contributed by atoms with Crippen molar-refractivity contribution in [2.75, 3.05) is 14.2 Å². The first-order chi connectivity index (χ1) is 13.7. The third-order valence-corrected chi connectivity index (χ3v) is 4.71. The number of hydrogen-bond donors (Lipinski definition) is 1. The predicted molar refractivity (Wildman–Crippen MR) is 109 cm³/mol. The van der Waals surface area contributed by atoms with E-state index < -0.39 is 11.7 Å².